The minimum atomic E-state index is -4.17. The van der Waals surface area contributed by atoms with Gasteiger partial charge in [0.2, 0.25) is 11.8 Å². The molecule has 0 aliphatic heterocycles. The van der Waals surface area contributed by atoms with Crippen molar-refractivity contribution in [3.8, 4) is 11.4 Å². The van der Waals surface area contributed by atoms with Gasteiger partial charge in [0, 0.05) is 19.0 Å². The van der Waals surface area contributed by atoms with Gasteiger partial charge in [-0.2, -0.15) is 8.78 Å². The van der Waals surface area contributed by atoms with Gasteiger partial charge in [-0.05, 0) is 12.3 Å². The number of alkyl halides is 2. The first-order chi connectivity index (χ1) is 16.9. The molecule has 1 heterocycles. The van der Waals surface area contributed by atoms with Crippen molar-refractivity contribution in [3.05, 3.63) is 46.9 Å². The van der Waals surface area contributed by atoms with Crippen LogP contribution >= 0.6 is 0 Å². The normalized spacial score (nSPS) is 13.1. The number of hydrogen-bond donors (Lipinski definition) is 4. The van der Waals surface area contributed by atoms with Crippen LogP contribution in [0.5, 0.6) is 0 Å². The molecule has 3 amide bonds. The average Bonchev–Trinajstić information content (AvgIpc) is 2.83. The fourth-order valence-electron chi connectivity index (χ4n) is 3.43. The number of benzene rings is 1. The first-order valence-electron chi connectivity index (χ1n) is 11.5. The number of halogens is 2. The van der Waals surface area contributed by atoms with Crippen LogP contribution in [0, 0.1) is 5.92 Å². The van der Waals surface area contributed by atoms with E-state index in [1.165, 1.54) is 20.8 Å². The lowest BCUT2D eigenvalue weighted by Crippen LogP contribution is -2.59. The molecule has 2 aromatic rings. The number of hydrogen-bond acceptors (Lipinski definition) is 6. The van der Waals surface area contributed by atoms with Gasteiger partial charge in [-0.3, -0.25) is 23.7 Å². The highest BCUT2D eigenvalue weighted by Gasteiger charge is 2.51. The molecule has 2 atom stereocenters. The maximum atomic E-state index is 14.6. The first-order valence-corrected chi connectivity index (χ1v) is 11.5. The second-order valence-corrected chi connectivity index (χ2v) is 8.60. The lowest BCUT2D eigenvalue weighted by molar-refractivity contribution is -0.169. The van der Waals surface area contributed by atoms with Crippen molar-refractivity contribution in [1.29, 1.82) is 0 Å². The van der Waals surface area contributed by atoms with Crippen molar-refractivity contribution in [2.24, 2.45) is 5.92 Å². The summed E-state index contributed by atoms with van der Waals surface area (Å²) in [6.07, 6.45) is -0.935. The number of rotatable bonds is 11. The van der Waals surface area contributed by atoms with Crippen LogP contribution < -0.4 is 21.5 Å². The van der Waals surface area contributed by atoms with E-state index in [1.807, 2.05) is 5.32 Å². The molecule has 0 bridgehead atoms. The molecule has 0 saturated heterocycles. The third-order valence-corrected chi connectivity index (χ3v) is 5.29. The van der Waals surface area contributed by atoms with Gasteiger partial charge >= 0.3 is 5.92 Å². The summed E-state index contributed by atoms with van der Waals surface area (Å²) >= 11 is 0. The quantitative estimate of drug-likeness (QED) is 0.363. The predicted molar refractivity (Wildman–Crippen MR) is 129 cm³/mol. The highest BCUT2D eigenvalue weighted by Crippen LogP contribution is 2.25. The number of carbonyl (C=O) groups excluding carboxylic acids is 3. The zero-order valence-corrected chi connectivity index (χ0v) is 20.5. The summed E-state index contributed by atoms with van der Waals surface area (Å²) in [5, 5.41) is 17.1. The van der Waals surface area contributed by atoms with Crippen LogP contribution in [-0.2, 0) is 20.9 Å². The summed E-state index contributed by atoms with van der Waals surface area (Å²) in [5.41, 5.74) is -0.411. The Bertz CT molecular complexity index is 1140. The molecule has 1 aromatic heterocycles. The average molecular weight is 508 g/mol. The zero-order chi connectivity index (χ0) is 27.0. The number of anilines is 1. The second kappa shape index (κ2) is 12.3. The summed E-state index contributed by atoms with van der Waals surface area (Å²) in [6, 6.07) is 6.95. The van der Waals surface area contributed by atoms with E-state index in [0.29, 0.717) is 12.0 Å². The number of aliphatic hydroxyl groups is 1. The Labute approximate surface area is 207 Å². The summed E-state index contributed by atoms with van der Waals surface area (Å²) in [4.78, 5) is 53.6. The predicted octanol–water partition coefficient (Wildman–Crippen LogP) is 1.53. The molecule has 2 unspecified atom stereocenters. The summed E-state index contributed by atoms with van der Waals surface area (Å²) in [7, 11) is 0. The maximum absolute atomic E-state index is 14.6. The smallest absolute Gasteiger partial charge is 0.351 e. The van der Waals surface area contributed by atoms with Crippen LogP contribution in [0.25, 0.3) is 11.4 Å². The molecule has 0 aliphatic carbocycles. The summed E-state index contributed by atoms with van der Waals surface area (Å²) < 4.78 is 30.2. The van der Waals surface area contributed by atoms with Crippen LogP contribution in [0.3, 0.4) is 0 Å². The fraction of sp³-hybridized carbons (Fsp3) is 0.458. The Balaban J connectivity index is 2.37. The van der Waals surface area contributed by atoms with Gasteiger partial charge in [-0.1, -0.05) is 51.1 Å². The van der Waals surface area contributed by atoms with Crippen molar-refractivity contribution in [1.82, 2.24) is 20.2 Å². The largest absolute Gasteiger partial charge is 0.384 e. The van der Waals surface area contributed by atoms with Gasteiger partial charge in [0.1, 0.15) is 24.2 Å². The van der Waals surface area contributed by atoms with E-state index in [1.54, 1.807) is 37.3 Å². The van der Waals surface area contributed by atoms with Crippen molar-refractivity contribution >= 4 is 23.4 Å². The minimum absolute atomic E-state index is 0.00265. The zero-order valence-electron chi connectivity index (χ0n) is 20.5. The van der Waals surface area contributed by atoms with Crippen LogP contribution in [0.1, 0.15) is 34.1 Å². The van der Waals surface area contributed by atoms with E-state index < -0.39 is 53.8 Å². The van der Waals surface area contributed by atoms with Gasteiger partial charge in [-0.25, -0.2) is 4.98 Å². The molecule has 196 valence electrons. The fourth-order valence-corrected chi connectivity index (χ4v) is 3.43. The van der Waals surface area contributed by atoms with Crippen LogP contribution in [-0.4, -0.2) is 57.0 Å². The Kier molecular flexibility index (Phi) is 9.79. The number of carbonyl (C=O) groups is 3. The lowest BCUT2D eigenvalue weighted by atomic mass is 9.93. The number of aromatic nitrogens is 2. The molecule has 0 spiro atoms. The monoisotopic (exact) mass is 507 g/mol. The van der Waals surface area contributed by atoms with Gasteiger partial charge in [0.15, 0.2) is 0 Å². The van der Waals surface area contributed by atoms with Crippen molar-refractivity contribution in [2.45, 2.75) is 58.7 Å². The molecule has 12 heteroatoms. The molecule has 0 radical (unpaired) electrons. The van der Waals surface area contributed by atoms with Crippen LogP contribution in [0.2, 0.25) is 0 Å². The minimum Gasteiger partial charge on any atom is -0.384 e. The lowest BCUT2D eigenvalue weighted by Gasteiger charge is -2.32. The van der Waals surface area contributed by atoms with Gasteiger partial charge in [0.05, 0.1) is 12.2 Å². The van der Waals surface area contributed by atoms with Crippen molar-refractivity contribution in [2.75, 3.05) is 11.9 Å². The van der Waals surface area contributed by atoms with E-state index in [9.17, 15) is 33.1 Å². The molecule has 4 N–H and O–H groups in total. The Morgan fingerprint density at radius 1 is 1.17 bits per heavy atom. The summed E-state index contributed by atoms with van der Waals surface area (Å²) in [6.45, 7) is 5.24. The molecule has 0 aliphatic rings. The highest BCUT2D eigenvalue weighted by atomic mass is 19.3. The third-order valence-electron chi connectivity index (χ3n) is 5.29. The topological polar surface area (TPSA) is 142 Å². The van der Waals surface area contributed by atoms with E-state index in [0.717, 1.165) is 10.8 Å². The second-order valence-electron chi connectivity index (χ2n) is 8.60. The Hall–Kier alpha value is -3.67. The molecule has 36 heavy (non-hydrogen) atoms. The Morgan fingerprint density at radius 2 is 1.81 bits per heavy atom. The number of nitrogens with one attached hydrogen (secondary N) is 3. The molecule has 1 aromatic carbocycles. The molecule has 0 fully saturated rings. The molecule has 10 nitrogen and oxygen atoms in total. The standard InChI is InChI=1S/C24H31F2N5O5/c1-5-11-27-23(36)24(25,26)20(34)19(14(2)3)30-18(33)13-31-21(16-9-7-6-8-10-16)28-12-17(22(31)35)29-15(4)32/h6-10,12,14,19-20,34H,5,11,13H2,1-4H3,(H,27,36)(H,29,32)(H,30,33). The number of aliphatic hydroxyl groups excluding tert-OH is 1. The van der Waals surface area contributed by atoms with Crippen molar-refractivity contribution in [3.63, 3.8) is 0 Å². The Morgan fingerprint density at radius 3 is 2.36 bits per heavy atom. The van der Waals surface area contributed by atoms with Gasteiger partial charge < -0.3 is 21.1 Å². The van der Waals surface area contributed by atoms with Crippen LogP contribution in [0.15, 0.2) is 41.3 Å². The third kappa shape index (κ3) is 6.94. The summed E-state index contributed by atoms with van der Waals surface area (Å²) in [5.74, 6) is -7.80. The molecule has 0 saturated carbocycles. The van der Waals surface area contributed by atoms with E-state index in [2.05, 4.69) is 15.6 Å². The van der Waals surface area contributed by atoms with Gasteiger partial charge in [-0.15, -0.1) is 0 Å². The molecule has 2 rings (SSSR count). The molecular formula is C24H31F2N5O5. The number of amides is 3. The first kappa shape index (κ1) is 28.6. The van der Waals surface area contributed by atoms with Crippen LogP contribution in [0.4, 0.5) is 14.5 Å². The van der Waals surface area contributed by atoms with Crippen molar-refractivity contribution < 1.29 is 28.3 Å². The SMILES string of the molecule is CCCNC(=O)C(F)(F)C(O)C(NC(=O)Cn1c(-c2ccccc2)ncc(NC(C)=O)c1=O)C(C)C. The molecular weight excluding hydrogens is 476 g/mol. The van der Waals surface area contributed by atoms with E-state index in [4.69, 9.17) is 0 Å². The van der Waals surface area contributed by atoms with E-state index in [-0.39, 0.29) is 18.1 Å². The van der Waals surface area contributed by atoms with Gasteiger partial charge in [0.25, 0.3) is 11.5 Å². The maximum Gasteiger partial charge on any atom is 0.351 e. The number of nitrogens with zero attached hydrogens (tertiary/aromatic N) is 2. The van der Waals surface area contributed by atoms with E-state index >= 15 is 0 Å². The highest BCUT2D eigenvalue weighted by molar-refractivity contribution is 5.88.